The minimum atomic E-state index is 0. The quantitative estimate of drug-likeness (QED) is 0.218. The Kier molecular flexibility index (Phi) is 15.2. The van der Waals surface area contributed by atoms with Crippen molar-refractivity contribution in [2.45, 2.75) is 66.2 Å². The van der Waals surface area contributed by atoms with E-state index in [1.54, 1.807) is 0 Å². The first-order valence-electron chi connectivity index (χ1n) is 13.7. The van der Waals surface area contributed by atoms with E-state index < -0.39 is 0 Å². The van der Waals surface area contributed by atoms with E-state index in [9.17, 15) is 0 Å². The molecule has 0 nitrogen and oxygen atoms in total. The van der Waals surface area contributed by atoms with Crippen molar-refractivity contribution in [2.24, 2.45) is 0 Å². The molecule has 42 heavy (non-hydrogen) atoms. The molecule has 0 aromatic heterocycles. The van der Waals surface area contributed by atoms with Crippen molar-refractivity contribution in [3.63, 3.8) is 0 Å². The minimum absolute atomic E-state index is 0. The van der Waals surface area contributed by atoms with Crippen LogP contribution in [0.3, 0.4) is 0 Å². The standard InChI is InChI=1S/C19H27.C13H8Cl2.C5H5.2ClH.Zr/c1-12-11-15-13(2)16(18(3,4)5)10-9-14(15)17(12)19(6,7)8;14-12-5-1-10(2-6-12)9-11-3-7-13(15)8-4-11;1-2-4-5-3-1;;;/h9-11H,1-8H3;1-8H;1-5H;2*1H;/q-1;;-1;;;+2/p-2. The van der Waals surface area contributed by atoms with Gasteiger partial charge in [-0.15, -0.1) is 39.6 Å². The Morgan fingerprint density at radius 1 is 0.667 bits per heavy atom. The maximum absolute atomic E-state index is 5.86. The van der Waals surface area contributed by atoms with Crippen LogP contribution in [0.5, 0.6) is 0 Å². The summed E-state index contributed by atoms with van der Waals surface area (Å²) in [5.74, 6) is 0. The van der Waals surface area contributed by atoms with Gasteiger partial charge in [0.1, 0.15) is 0 Å². The monoisotopic (exact) mass is 714 g/mol. The molecular formula is C37H40Cl4Zr-2. The number of rotatable bonds is 2. The molecule has 0 atom stereocenters. The second-order valence-corrected chi connectivity index (χ2v) is 14.4. The molecule has 0 radical (unpaired) electrons. The van der Waals surface area contributed by atoms with Gasteiger partial charge in [0.2, 0.25) is 0 Å². The molecule has 0 unspecified atom stereocenters. The van der Waals surface area contributed by atoms with Gasteiger partial charge in [-0.2, -0.15) is 18.2 Å². The molecule has 0 fully saturated rings. The van der Waals surface area contributed by atoms with E-state index in [-0.39, 0.29) is 35.6 Å². The minimum Gasteiger partial charge on any atom is -1.00 e. The van der Waals surface area contributed by atoms with Crippen molar-refractivity contribution in [1.82, 2.24) is 0 Å². The van der Waals surface area contributed by atoms with E-state index in [4.69, 9.17) is 23.2 Å². The SMILES string of the molecule is Cc1[cH-]c2c(C)c(C(C)(C)C)ccc2c1C(C)(C)C.Clc1ccc([C](=[Zr+2])c2ccc(Cl)cc2)cc1.[Cl-].[Cl-].c1cc[cH-]c1. The Hall–Kier alpha value is -1.47. The van der Waals surface area contributed by atoms with E-state index in [0.29, 0.717) is 0 Å². The molecular weight excluding hydrogens is 677 g/mol. The zero-order valence-corrected chi connectivity index (χ0v) is 31.2. The molecule has 0 aliphatic carbocycles. The number of aryl methyl sites for hydroxylation is 2. The summed E-state index contributed by atoms with van der Waals surface area (Å²) in [6, 6.07) is 32.9. The number of hydrogen-bond acceptors (Lipinski definition) is 0. The number of hydrogen-bond donors (Lipinski definition) is 0. The fourth-order valence-electron chi connectivity index (χ4n) is 5.16. The van der Waals surface area contributed by atoms with Gasteiger partial charge in [-0.3, -0.25) is 0 Å². The van der Waals surface area contributed by atoms with Gasteiger partial charge in [-0.1, -0.05) is 72.4 Å². The predicted octanol–water partition coefficient (Wildman–Crippen LogP) is 5.29. The first-order chi connectivity index (χ1) is 18.7. The molecule has 0 bridgehead atoms. The Labute approximate surface area is 290 Å². The average Bonchev–Trinajstić information content (AvgIpc) is 3.56. The van der Waals surface area contributed by atoms with Crippen LogP contribution in [0.2, 0.25) is 10.0 Å². The van der Waals surface area contributed by atoms with Gasteiger partial charge < -0.3 is 24.8 Å². The Morgan fingerprint density at radius 2 is 1.12 bits per heavy atom. The second kappa shape index (κ2) is 16.6. The van der Waals surface area contributed by atoms with Crippen molar-refractivity contribution >= 4 is 37.2 Å². The van der Waals surface area contributed by atoms with Crippen molar-refractivity contribution in [3.05, 3.63) is 140 Å². The molecule has 0 spiro atoms. The Bertz CT molecular complexity index is 1460. The molecule has 0 heterocycles. The molecule has 0 aliphatic heterocycles. The molecule has 5 aromatic carbocycles. The molecule has 0 saturated heterocycles. The first-order valence-corrected chi connectivity index (χ1v) is 15.7. The molecule has 0 aliphatic rings. The van der Waals surface area contributed by atoms with E-state index in [1.807, 2.05) is 78.9 Å². The molecule has 5 rings (SSSR count). The third kappa shape index (κ3) is 10.3. The van der Waals surface area contributed by atoms with E-state index in [1.165, 1.54) is 71.6 Å². The van der Waals surface area contributed by atoms with Crippen LogP contribution in [0.25, 0.3) is 10.8 Å². The molecule has 5 aromatic rings. The van der Waals surface area contributed by atoms with Gasteiger partial charge in [-0.05, 0) is 5.41 Å². The second-order valence-electron chi connectivity index (χ2n) is 12.3. The molecule has 0 N–H and O–H groups in total. The fourth-order valence-corrected chi connectivity index (χ4v) is 6.23. The summed E-state index contributed by atoms with van der Waals surface area (Å²) in [6.45, 7) is 18.3. The summed E-state index contributed by atoms with van der Waals surface area (Å²) >= 11 is 13.1. The Balaban J connectivity index is 0.000000348. The fraction of sp³-hybridized carbons (Fsp3) is 0.270. The van der Waals surface area contributed by atoms with Crippen LogP contribution in [0.15, 0.2) is 97.1 Å². The normalized spacial score (nSPS) is 10.9. The zero-order valence-electron chi connectivity index (χ0n) is 25.7. The number of halogens is 4. The van der Waals surface area contributed by atoms with Crippen LogP contribution < -0.4 is 24.8 Å². The zero-order chi connectivity index (χ0) is 29.7. The predicted molar refractivity (Wildman–Crippen MR) is 175 cm³/mol. The largest absolute Gasteiger partial charge is 1.00 e. The first kappa shape index (κ1) is 38.6. The van der Waals surface area contributed by atoms with Gasteiger partial charge in [0, 0.05) is 0 Å². The van der Waals surface area contributed by atoms with Gasteiger partial charge in [-0.25, -0.2) is 12.1 Å². The number of fused-ring (bicyclic) bond motifs is 1. The molecule has 222 valence electrons. The summed E-state index contributed by atoms with van der Waals surface area (Å²) in [5, 5.41) is 4.41. The third-order valence-corrected chi connectivity index (χ3v) is 8.84. The van der Waals surface area contributed by atoms with Crippen LogP contribution in [0.1, 0.15) is 74.9 Å². The van der Waals surface area contributed by atoms with Crippen molar-refractivity contribution in [3.8, 4) is 0 Å². The molecule has 5 heteroatoms. The maximum Gasteiger partial charge on any atom is -0.172 e. The Morgan fingerprint density at radius 3 is 1.48 bits per heavy atom. The topological polar surface area (TPSA) is 0 Å². The van der Waals surface area contributed by atoms with Gasteiger partial charge in [0.15, 0.2) is 0 Å². The van der Waals surface area contributed by atoms with Crippen LogP contribution in [0.4, 0.5) is 0 Å². The van der Waals surface area contributed by atoms with Crippen molar-refractivity contribution in [1.29, 1.82) is 0 Å². The van der Waals surface area contributed by atoms with E-state index >= 15 is 0 Å². The summed E-state index contributed by atoms with van der Waals surface area (Å²) in [7, 11) is 0. The number of benzene rings is 3. The summed E-state index contributed by atoms with van der Waals surface area (Å²) in [4.78, 5) is 0. The van der Waals surface area contributed by atoms with E-state index in [0.717, 1.165) is 10.0 Å². The maximum atomic E-state index is 5.86. The van der Waals surface area contributed by atoms with Gasteiger partial charge in [0.25, 0.3) is 0 Å². The summed E-state index contributed by atoms with van der Waals surface area (Å²) < 4.78 is 1.31. The summed E-state index contributed by atoms with van der Waals surface area (Å²) in [6.07, 6.45) is 0. The summed E-state index contributed by atoms with van der Waals surface area (Å²) in [5.41, 5.74) is 8.69. The average molecular weight is 718 g/mol. The molecule has 0 amide bonds. The third-order valence-electron chi connectivity index (χ3n) is 6.92. The van der Waals surface area contributed by atoms with Crippen LogP contribution >= 0.6 is 23.2 Å². The van der Waals surface area contributed by atoms with Crippen LogP contribution in [-0.2, 0) is 35.1 Å². The van der Waals surface area contributed by atoms with Gasteiger partial charge >= 0.3 is 120 Å². The van der Waals surface area contributed by atoms with Gasteiger partial charge in [0.05, 0.1) is 0 Å². The van der Waals surface area contributed by atoms with E-state index in [2.05, 4.69) is 73.6 Å². The van der Waals surface area contributed by atoms with Crippen LogP contribution in [-0.4, -0.2) is 3.21 Å². The van der Waals surface area contributed by atoms with Crippen molar-refractivity contribution < 1.29 is 49.0 Å². The van der Waals surface area contributed by atoms with Crippen LogP contribution in [0, 0.1) is 13.8 Å². The van der Waals surface area contributed by atoms with Crippen molar-refractivity contribution in [2.75, 3.05) is 0 Å². The molecule has 0 saturated carbocycles. The smallest absolute Gasteiger partial charge is 0.172 e.